The summed E-state index contributed by atoms with van der Waals surface area (Å²) >= 11 is 3.48. The molecular formula is C20H25BrO6S. The normalized spacial score (nSPS) is 13.4. The van der Waals surface area contributed by atoms with E-state index in [-0.39, 0.29) is 12.4 Å². The Morgan fingerprint density at radius 3 is 2.39 bits per heavy atom. The fourth-order valence-corrected chi connectivity index (χ4v) is 3.83. The van der Waals surface area contributed by atoms with Crippen molar-refractivity contribution in [1.82, 2.24) is 0 Å². The van der Waals surface area contributed by atoms with E-state index in [1.807, 2.05) is 32.9 Å². The van der Waals surface area contributed by atoms with E-state index < -0.39 is 27.8 Å². The van der Waals surface area contributed by atoms with E-state index in [0.29, 0.717) is 16.5 Å². The quantitative estimate of drug-likeness (QED) is 0.448. The molecule has 0 N–H and O–H groups in total. The zero-order valence-corrected chi connectivity index (χ0v) is 19.2. The van der Waals surface area contributed by atoms with Gasteiger partial charge in [-0.25, -0.2) is 4.79 Å². The number of carbonyl (C=O) groups excluding carboxylic acids is 1. The predicted molar refractivity (Wildman–Crippen MR) is 112 cm³/mol. The van der Waals surface area contributed by atoms with Crippen LogP contribution in [0, 0.1) is 6.92 Å². The Balaban J connectivity index is 2.86. The van der Waals surface area contributed by atoms with Gasteiger partial charge in [-0.15, -0.1) is 0 Å². The van der Waals surface area contributed by atoms with Crippen molar-refractivity contribution in [1.29, 1.82) is 0 Å². The summed E-state index contributed by atoms with van der Waals surface area (Å²) in [6.07, 6.45) is -0.174. The van der Waals surface area contributed by atoms with Gasteiger partial charge in [0.1, 0.15) is 0 Å². The summed E-state index contributed by atoms with van der Waals surface area (Å²) in [7, 11) is -3.86. The van der Waals surface area contributed by atoms with E-state index in [0.717, 1.165) is 16.1 Å². The molecule has 0 spiro atoms. The highest BCUT2D eigenvalue weighted by molar-refractivity contribution is 9.10. The molecule has 0 radical (unpaired) electrons. The number of carbonyl (C=O) groups is 1. The topological polar surface area (TPSA) is 78.9 Å². The van der Waals surface area contributed by atoms with E-state index in [1.54, 1.807) is 26.0 Å². The van der Waals surface area contributed by atoms with Gasteiger partial charge in [0.15, 0.2) is 11.9 Å². The smallest absolute Gasteiger partial charge is 0.340 e. The van der Waals surface area contributed by atoms with Crippen molar-refractivity contribution in [3.63, 3.8) is 0 Å². The van der Waals surface area contributed by atoms with Gasteiger partial charge in [0.25, 0.3) is 0 Å². The molecule has 0 aliphatic heterocycles. The van der Waals surface area contributed by atoms with Gasteiger partial charge in [0, 0.05) is 15.4 Å². The van der Waals surface area contributed by atoms with Crippen LogP contribution in [0.2, 0.25) is 0 Å². The molecular weight excluding hydrogens is 448 g/mol. The number of halogens is 1. The lowest BCUT2D eigenvalue weighted by Gasteiger charge is -2.29. The van der Waals surface area contributed by atoms with Crippen LogP contribution in [0.15, 0.2) is 28.7 Å². The first-order chi connectivity index (χ1) is 12.8. The van der Waals surface area contributed by atoms with Gasteiger partial charge in [-0.2, -0.15) is 8.42 Å². The largest absolute Gasteiger partial charge is 0.464 e. The second kappa shape index (κ2) is 8.39. The third kappa shape index (κ3) is 5.46. The number of hydrogen-bond donors (Lipinski definition) is 0. The lowest BCUT2D eigenvalue weighted by atomic mass is 9.96. The zero-order valence-electron chi connectivity index (χ0n) is 16.8. The Kier molecular flexibility index (Phi) is 6.78. The third-order valence-electron chi connectivity index (χ3n) is 3.80. The van der Waals surface area contributed by atoms with E-state index in [1.165, 1.54) is 0 Å². The van der Waals surface area contributed by atoms with Crippen molar-refractivity contribution < 1.29 is 26.9 Å². The molecule has 0 aliphatic carbocycles. The van der Waals surface area contributed by atoms with Crippen LogP contribution in [0.5, 0.6) is 5.75 Å². The summed E-state index contributed by atoms with van der Waals surface area (Å²) < 4.78 is 41.4. The SMILES string of the molecule is CCOC(=O)[C@@H](OC(C)(C)C)c1c(C)cc2c(Br)cccc2c1OS(C)(=O)=O. The van der Waals surface area contributed by atoms with Crippen molar-refractivity contribution in [3.8, 4) is 5.75 Å². The summed E-state index contributed by atoms with van der Waals surface area (Å²) in [5.74, 6) is -0.533. The molecule has 0 saturated carbocycles. The van der Waals surface area contributed by atoms with Gasteiger partial charge < -0.3 is 13.7 Å². The molecule has 2 aromatic carbocycles. The maximum Gasteiger partial charge on any atom is 0.340 e. The third-order valence-corrected chi connectivity index (χ3v) is 4.96. The fourth-order valence-electron chi connectivity index (χ4n) is 2.86. The second-order valence-corrected chi connectivity index (χ2v) is 9.85. The van der Waals surface area contributed by atoms with Crippen LogP contribution in [-0.2, 0) is 24.4 Å². The summed E-state index contributed by atoms with van der Waals surface area (Å²) in [5.41, 5.74) is 0.308. The molecule has 2 rings (SSSR count). The number of esters is 1. The lowest BCUT2D eigenvalue weighted by Crippen LogP contribution is -2.29. The maximum absolute atomic E-state index is 12.7. The van der Waals surface area contributed by atoms with Crippen molar-refractivity contribution in [2.45, 2.75) is 46.3 Å². The highest BCUT2D eigenvalue weighted by Gasteiger charge is 2.34. The molecule has 28 heavy (non-hydrogen) atoms. The van der Waals surface area contributed by atoms with Crippen LogP contribution in [0.25, 0.3) is 10.8 Å². The molecule has 0 unspecified atom stereocenters. The Labute approximate surface area is 174 Å². The van der Waals surface area contributed by atoms with Gasteiger partial charge in [-0.3, -0.25) is 0 Å². The number of ether oxygens (including phenoxy) is 2. The highest BCUT2D eigenvalue weighted by Crippen LogP contribution is 2.42. The Hall–Kier alpha value is -1.64. The molecule has 0 fully saturated rings. The van der Waals surface area contributed by atoms with Gasteiger partial charge in [-0.05, 0) is 57.7 Å². The Morgan fingerprint density at radius 2 is 1.86 bits per heavy atom. The van der Waals surface area contributed by atoms with Crippen LogP contribution in [0.4, 0.5) is 0 Å². The number of hydrogen-bond acceptors (Lipinski definition) is 6. The maximum atomic E-state index is 12.7. The zero-order chi connectivity index (χ0) is 21.3. The molecule has 0 heterocycles. The molecule has 0 bridgehead atoms. The first-order valence-corrected chi connectivity index (χ1v) is 11.4. The fraction of sp³-hybridized carbons (Fsp3) is 0.450. The van der Waals surface area contributed by atoms with Crippen LogP contribution in [0.3, 0.4) is 0 Å². The molecule has 2 aromatic rings. The second-order valence-electron chi connectivity index (χ2n) is 7.42. The minimum Gasteiger partial charge on any atom is -0.464 e. The number of benzene rings is 2. The summed E-state index contributed by atoms with van der Waals surface area (Å²) in [4.78, 5) is 12.7. The van der Waals surface area contributed by atoms with E-state index in [9.17, 15) is 13.2 Å². The molecule has 0 aromatic heterocycles. The van der Waals surface area contributed by atoms with Crippen molar-refractivity contribution in [2.75, 3.05) is 12.9 Å². The van der Waals surface area contributed by atoms with Crippen molar-refractivity contribution >= 4 is 42.8 Å². The van der Waals surface area contributed by atoms with Crippen molar-refractivity contribution in [2.24, 2.45) is 0 Å². The average molecular weight is 473 g/mol. The number of rotatable bonds is 6. The summed E-state index contributed by atoms with van der Waals surface area (Å²) in [5, 5.41) is 1.31. The molecule has 154 valence electrons. The van der Waals surface area contributed by atoms with E-state index in [2.05, 4.69) is 15.9 Å². The van der Waals surface area contributed by atoms with Crippen LogP contribution in [0.1, 0.15) is 44.9 Å². The molecule has 0 amide bonds. The highest BCUT2D eigenvalue weighted by atomic mass is 79.9. The van der Waals surface area contributed by atoms with E-state index in [4.69, 9.17) is 13.7 Å². The van der Waals surface area contributed by atoms with Gasteiger partial charge in [0.05, 0.1) is 18.5 Å². The first-order valence-electron chi connectivity index (χ1n) is 8.79. The molecule has 1 atom stereocenters. The van der Waals surface area contributed by atoms with Crippen LogP contribution in [-0.4, -0.2) is 32.9 Å². The summed E-state index contributed by atoms with van der Waals surface area (Å²) in [6, 6.07) is 7.22. The Morgan fingerprint density at radius 1 is 1.21 bits per heavy atom. The lowest BCUT2D eigenvalue weighted by molar-refractivity contribution is -0.167. The monoisotopic (exact) mass is 472 g/mol. The number of aryl methyl sites for hydroxylation is 1. The standard InChI is InChI=1S/C20H25BrO6S/c1-7-25-19(22)18(26-20(3,4)5)16-12(2)11-14-13(9-8-10-15(14)21)17(16)27-28(6,23)24/h8-11,18H,7H2,1-6H3/t18-/m0/s1. The van der Waals surface area contributed by atoms with Gasteiger partial charge in [-0.1, -0.05) is 28.1 Å². The Bertz CT molecular complexity index is 992. The minimum atomic E-state index is -3.86. The van der Waals surface area contributed by atoms with Crippen molar-refractivity contribution in [3.05, 3.63) is 39.9 Å². The molecule has 8 heteroatoms. The van der Waals surface area contributed by atoms with Crippen LogP contribution < -0.4 is 4.18 Å². The first kappa shape index (κ1) is 22.6. The summed E-state index contributed by atoms with van der Waals surface area (Å²) in [6.45, 7) is 9.07. The van der Waals surface area contributed by atoms with Gasteiger partial charge in [0.2, 0.25) is 0 Å². The predicted octanol–water partition coefficient (Wildman–Crippen LogP) is 4.67. The number of fused-ring (bicyclic) bond motifs is 1. The van der Waals surface area contributed by atoms with Crippen LogP contribution >= 0.6 is 15.9 Å². The minimum absolute atomic E-state index is 0.0705. The van der Waals surface area contributed by atoms with E-state index >= 15 is 0 Å². The van der Waals surface area contributed by atoms with Gasteiger partial charge >= 0.3 is 16.1 Å². The molecule has 0 saturated heterocycles. The molecule has 0 aliphatic rings. The average Bonchev–Trinajstić information content (AvgIpc) is 2.52. The molecule has 6 nitrogen and oxygen atoms in total.